The number of aryl methyl sites for hydroxylation is 2. The average molecular weight is 970 g/mol. The average Bonchev–Trinajstić information content (AvgIpc) is 3.31. The molecule has 20 nitrogen and oxygen atoms in total. The standard InChI is InChI=1S/2C23H29ClN8O2/c2*24-19-21(27)31-20(26)18(30-19)22(33)32-23(28)29-10-2-1-4-14-5-6-16-13-17(34-11-3-9-25)8-7-15(16)12-14/h2*5-8,12-13H,1-4,9-11,25H2,(H4,26,27,31)(H3,28,29,32,33). The van der Waals surface area contributed by atoms with Crippen LogP contribution in [0.25, 0.3) is 21.5 Å². The normalized spacial score (nSPS) is 11.5. The number of hydrogen-bond donors (Lipinski definition) is 10. The molecule has 0 unspecified atom stereocenters. The van der Waals surface area contributed by atoms with Gasteiger partial charge in [-0.1, -0.05) is 71.7 Å². The molecule has 0 spiro atoms. The van der Waals surface area contributed by atoms with E-state index in [2.05, 4.69) is 89.1 Å². The zero-order valence-electron chi connectivity index (χ0n) is 37.5. The van der Waals surface area contributed by atoms with Gasteiger partial charge < -0.3 is 55.3 Å². The minimum Gasteiger partial charge on any atom is -0.494 e. The molecule has 6 rings (SSSR count). The third-order valence-electron chi connectivity index (χ3n) is 10.0. The van der Waals surface area contributed by atoms with Crippen LogP contribution in [-0.2, 0) is 12.8 Å². The van der Waals surface area contributed by atoms with E-state index in [0.29, 0.717) is 39.4 Å². The fraction of sp³-hybridized carbons (Fsp3) is 0.304. The maximum absolute atomic E-state index is 12.2. The molecule has 22 heteroatoms. The SMILES string of the molecule is NCCCOc1ccc2cc(CCCCN=C(N)NC(=O)c3nc(Cl)c(N)nc3N)ccc2c1.NCCCOc1ccc2cc(CCCCN=C(N)NC(=O)c3nc(Cl)c(N)nc3N)ccc2c1. The van der Waals surface area contributed by atoms with Crippen LogP contribution in [0.5, 0.6) is 11.5 Å². The highest BCUT2D eigenvalue weighted by molar-refractivity contribution is 6.32. The molecular weight excluding hydrogens is 912 g/mol. The lowest BCUT2D eigenvalue weighted by atomic mass is 10.0. The van der Waals surface area contributed by atoms with Crippen molar-refractivity contribution >= 4 is 91.8 Å². The summed E-state index contributed by atoms with van der Waals surface area (Å²) in [6.45, 7) is 3.41. The van der Waals surface area contributed by atoms with Gasteiger partial charge in [-0.2, -0.15) is 0 Å². The van der Waals surface area contributed by atoms with Gasteiger partial charge in [-0.3, -0.25) is 30.2 Å². The number of nitrogens with zero attached hydrogens (tertiary/aromatic N) is 6. The lowest BCUT2D eigenvalue weighted by Crippen LogP contribution is -2.38. The first kappa shape index (κ1) is 51.7. The van der Waals surface area contributed by atoms with E-state index in [0.717, 1.165) is 73.6 Å². The topological polar surface area (TPSA) is 361 Å². The molecule has 0 atom stereocenters. The van der Waals surface area contributed by atoms with Crippen molar-refractivity contribution in [3.05, 3.63) is 106 Å². The minimum atomic E-state index is -0.655. The number of rotatable bonds is 20. The lowest BCUT2D eigenvalue weighted by molar-refractivity contribution is 0.0964. The monoisotopic (exact) mass is 968 g/mol. The molecule has 4 aromatic carbocycles. The molecule has 0 fully saturated rings. The van der Waals surface area contributed by atoms with Crippen molar-refractivity contribution in [3.8, 4) is 11.5 Å². The van der Waals surface area contributed by atoms with Crippen molar-refractivity contribution < 1.29 is 19.1 Å². The van der Waals surface area contributed by atoms with Crippen molar-refractivity contribution in [2.24, 2.45) is 32.9 Å². The van der Waals surface area contributed by atoms with Crippen LogP contribution in [0.2, 0.25) is 10.3 Å². The number of nitrogen functional groups attached to an aromatic ring is 4. The highest BCUT2D eigenvalue weighted by Crippen LogP contribution is 2.25. The number of benzene rings is 4. The van der Waals surface area contributed by atoms with Gasteiger partial charge in [0.05, 0.1) is 13.2 Å². The van der Waals surface area contributed by atoms with Gasteiger partial charge in [0.25, 0.3) is 11.8 Å². The Hall–Kier alpha value is -7.26. The zero-order valence-corrected chi connectivity index (χ0v) is 39.0. The quantitative estimate of drug-likeness (QED) is 0.0286. The van der Waals surface area contributed by atoms with E-state index in [4.69, 9.17) is 78.5 Å². The number of ether oxygens (including phenoxy) is 2. The number of carbonyl (C=O) groups is 2. The number of amides is 2. The number of fused-ring (bicyclic) bond motifs is 2. The van der Waals surface area contributed by atoms with Crippen molar-refractivity contribution in [2.75, 3.05) is 62.3 Å². The van der Waals surface area contributed by atoms with Gasteiger partial charge in [-0.05, 0) is 121 Å². The molecule has 6 aromatic rings. The molecule has 0 aliphatic carbocycles. The molecule has 2 aromatic heterocycles. The van der Waals surface area contributed by atoms with Crippen LogP contribution < -0.4 is 66.0 Å². The highest BCUT2D eigenvalue weighted by atomic mass is 35.5. The van der Waals surface area contributed by atoms with Gasteiger partial charge in [0.15, 0.2) is 56.9 Å². The number of nitrogens with two attached hydrogens (primary N) is 8. The zero-order chi connectivity index (χ0) is 49.0. The van der Waals surface area contributed by atoms with E-state index in [1.807, 2.05) is 24.3 Å². The van der Waals surface area contributed by atoms with Crippen molar-refractivity contribution in [1.82, 2.24) is 30.6 Å². The summed E-state index contributed by atoms with van der Waals surface area (Å²) in [5.74, 6) is -0.0632. The maximum Gasteiger partial charge on any atom is 0.280 e. The Morgan fingerprint density at radius 3 is 1.29 bits per heavy atom. The summed E-state index contributed by atoms with van der Waals surface area (Å²) in [6.07, 6.45) is 6.92. The Kier molecular flexibility index (Phi) is 19.9. The van der Waals surface area contributed by atoms with Crippen LogP contribution >= 0.6 is 23.2 Å². The minimum absolute atomic E-state index is 0.0330. The molecule has 2 heterocycles. The predicted octanol–water partition coefficient (Wildman–Crippen LogP) is 4.49. The van der Waals surface area contributed by atoms with E-state index in [-0.39, 0.29) is 56.9 Å². The van der Waals surface area contributed by atoms with E-state index < -0.39 is 11.8 Å². The summed E-state index contributed by atoms with van der Waals surface area (Å²) in [4.78, 5) is 48.0. The molecule has 18 N–H and O–H groups in total. The largest absolute Gasteiger partial charge is 0.494 e. The fourth-order valence-electron chi connectivity index (χ4n) is 6.51. The highest BCUT2D eigenvalue weighted by Gasteiger charge is 2.18. The number of nitrogens with one attached hydrogen (secondary N) is 2. The maximum atomic E-state index is 12.2. The second-order valence-electron chi connectivity index (χ2n) is 15.3. The summed E-state index contributed by atoms with van der Waals surface area (Å²) in [7, 11) is 0. The van der Waals surface area contributed by atoms with Gasteiger partial charge in [0, 0.05) is 13.1 Å². The Bertz CT molecular complexity index is 2550. The van der Waals surface area contributed by atoms with Crippen LogP contribution in [0.15, 0.2) is 82.8 Å². The second-order valence-corrected chi connectivity index (χ2v) is 16.0. The summed E-state index contributed by atoms with van der Waals surface area (Å²) in [5, 5.41) is 9.22. The molecule has 360 valence electrons. The molecule has 0 saturated carbocycles. The first-order valence-electron chi connectivity index (χ1n) is 21.8. The molecular formula is C46H58Cl2N16O4. The third kappa shape index (κ3) is 16.0. The number of carbonyl (C=O) groups excluding carboxylic acids is 2. The van der Waals surface area contributed by atoms with Gasteiger partial charge in [0.1, 0.15) is 11.5 Å². The Morgan fingerprint density at radius 1 is 0.515 bits per heavy atom. The lowest BCUT2D eigenvalue weighted by Gasteiger charge is -2.08. The van der Waals surface area contributed by atoms with Crippen molar-refractivity contribution in [3.63, 3.8) is 0 Å². The number of unbranched alkanes of at least 4 members (excludes halogenated alkanes) is 2. The summed E-state index contributed by atoms with van der Waals surface area (Å²) in [6, 6.07) is 25.0. The first-order valence-corrected chi connectivity index (χ1v) is 22.6. The summed E-state index contributed by atoms with van der Waals surface area (Å²) < 4.78 is 11.4. The smallest absolute Gasteiger partial charge is 0.280 e. The van der Waals surface area contributed by atoms with Crippen molar-refractivity contribution in [1.29, 1.82) is 0 Å². The Morgan fingerprint density at radius 2 is 0.897 bits per heavy atom. The van der Waals surface area contributed by atoms with E-state index >= 15 is 0 Å². The molecule has 68 heavy (non-hydrogen) atoms. The predicted molar refractivity (Wildman–Crippen MR) is 272 cm³/mol. The number of anilines is 4. The van der Waals surface area contributed by atoms with Crippen LogP contribution in [0.3, 0.4) is 0 Å². The number of hydrogen-bond acceptors (Lipinski definition) is 16. The van der Waals surface area contributed by atoms with Gasteiger partial charge >= 0.3 is 0 Å². The summed E-state index contributed by atoms with van der Waals surface area (Å²) in [5.41, 5.74) is 47.1. The van der Waals surface area contributed by atoms with Crippen molar-refractivity contribution in [2.45, 2.75) is 51.4 Å². The first-order chi connectivity index (χ1) is 32.7. The third-order valence-corrected chi connectivity index (χ3v) is 10.6. The Balaban J connectivity index is 0.000000254. The number of aliphatic imine (C=N–C) groups is 2. The van der Waals surface area contributed by atoms with Gasteiger partial charge in [-0.15, -0.1) is 0 Å². The number of aromatic nitrogens is 4. The molecule has 0 aliphatic rings. The summed E-state index contributed by atoms with van der Waals surface area (Å²) >= 11 is 11.6. The van der Waals surface area contributed by atoms with E-state index in [1.54, 1.807) is 0 Å². The van der Waals surface area contributed by atoms with Gasteiger partial charge in [0.2, 0.25) is 0 Å². The second kappa shape index (κ2) is 26.2. The van der Waals surface area contributed by atoms with E-state index in [9.17, 15) is 9.59 Å². The molecule has 2 amide bonds. The fourth-order valence-corrected chi connectivity index (χ4v) is 6.77. The van der Waals surface area contributed by atoms with Gasteiger partial charge in [-0.25, -0.2) is 19.9 Å². The number of halogens is 2. The van der Waals surface area contributed by atoms with Crippen LogP contribution in [0, 0.1) is 0 Å². The molecule has 0 saturated heterocycles. The van der Waals surface area contributed by atoms with Crippen LogP contribution in [0.4, 0.5) is 23.3 Å². The van der Waals surface area contributed by atoms with Crippen LogP contribution in [-0.4, -0.2) is 83.1 Å². The molecule has 0 bridgehead atoms. The Labute approximate surface area is 403 Å². The van der Waals surface area contributed by atoms with Crippen LogP contribution in [0.1, 0.15) is 70.6 Å². The van der Waals surface area contributed by atoms with E-state index in [1.165, 1.54) is 21.9 Å². The number of guanidine groups is 2. The molecule has 0 aliphatic heterocycles. The molecule has 0 radical (unpaired) electrons.